The third-order valence-corrected chi connectivity index (χ3v) is 6.15. The first-order valence-electron chi connectivity index (χ1n) is 10.6. The Morgan fingerprint density at radius 3 is 2.25 bits per heavy atom. The van der Waals surface area contributed by atoms with Crippen molar-refractivity contribution in [3.63, 3.8) is 0 Å². The maximum atomic E-state index is 5.66. The van der Waals surface area contributed by atoms with E-state index in [9.17, 15) is 0 Å². The van der Waals surface area contributed by atoms with E-state index in [-0.39, 0.29) is 43.0 Å². The second-order valence-electron chi connectivity index (χ2n) is 7.93. The summed E-state index contributed by atoms with van der Waals surface area (Å²) in [5.41, 5.74) is 2.28. The minimum absolute atomic E-state index is 0. The molecule has 0 aliphatic carbocycles. The van der Waals surface area contributed by atoms with Crippen molar-refractivity contribution in [1.82, 2.24) is 10.6 Å². The lowest BCUT2D eigenvalue weighted by molar-refractivity contribution is 0.0513. The summed E-state index contributed by atoms with van der Waals surface area (Å²) in [6, 6.07) is 12.2. The number of halogens is 1. The molecule has 5 rings (SSSR count). The molecule has 2 N–H and O–H groups in total. The predicted octanol–water partition coefficient (Wildman–Crippen LogP) is 3.18. The van der Waals surface area contributed by atoms with E-state index in [1.54, 1.807) is 7.05 Å². The van der Waals surface area contributed by atoms with Crippen LogP contribution in [0.5, 0.6) is 23.0 Å². The zero-order valence-electron chi connectivity index (χ0n) is 18.0. The van der Waals surface area contributed by atoms with Crippen LogP contribution in [0.25, 0.3) is 0 Å². The van der Waals surface area contributed by atoms with Gasteiger partial charge in [0.05, 0.1) is 0 Å². The van der Waals surface area contributed by atoms with Crippen LogP contribution in [0.2, 0.25) is 0 Å². The first-order chi connectivity index (χ1) is 15.3. The van der Waals surface area contributed by atoms with Gasteiger partial charge in [0.25, 0.3) is 0 Å². The van der Waals surface area contributed by atoms with Crippen molar-refractivity contribution >= 4 is 29.9 Å². The Kier molecular flexibility index (Phi) is 7.14. The topological polar surface area (TPSA) is 82.6 Å². The second-order valence-corrected chi connectivity index (χ2v) is 7.93. The Morgan fingerprint density at radius 1 is 0.875 bits per heavy atom. The Hall–Kier alpha value is -2.40. The highest BCUT2D eigenvalue weighted by molar-refractivity contribution is 14.0. The third-order valence-electron chi connectivity index (χ3n) is 6.15. The van der Waals surface area contributed by atoms with Gasteiger partial charge in [-0.3, -0.25) is 4.99 Å². The van der Waals surface area contributed by atoms with Crippen molar-refractivity contribution in [3.05, 3.63) is 47.5 Å². The zero-order chi connectivity index (χ0) is 21.1. The van der Waals surface area contributed by atoms with E-state index in [0.717, 1.165) is 67.1 Å². The highest BCUT2D eigenvalue weighted by atomic mass is 127. The molecule has 0 bridgehead atoms. The van der Waals surface area contributed by atoms with Crippen LogP contribution in [0, 0.1) is 0 Å². The van der Waals surface area contributed by atoms with Gasteiger partial charge in [0.1, 0.15) is 0 Å². The van der Waals surface area contributed by atoms with Crippen molar-refractivity contribution in [2.45, 2.75) is 24.8 Å². The monoisotopic (exact) mass is 553 g/mol. The van der Waals surface area contributed by atoms with Gasteiger partial charge in [0.2, 0.25) is 13.6 Å². The summed E-state index contributed by atoms with van der Waals surface area (Å²) in [7, 11) is 1.78. The standard InChI is InChI=1S/C23H27N3O5.HI/c1-24-22(25-12-16-2-4-18-20(10-16)30-14-28-18)26-13-23(6-8-27-9-7-23)17-3-5-19-21(11-17)31-15-29-19;/h2-5,10-11H,6-9,12-15H2,1H3,(H2,24,25,26);1H. The first-order valence-corrected chi connectivity index (χ1v) is 10.6. The number of nitrogens with one attached hydrogen (secondary N) is 2. The number of rotatable bonds is 5. The molecule has 172 valence electrons. The summed E-state index contributed by atoms with van der Waals surface area (Å²) in [6.45, 7) is 3.41. The molecular weight excluding hydrogens is 525 g/mol. The molecule has 1 fully saturated rings. The molecular formula is C23H28IN3O5. The van der Waals surface area contributed by atoms with Gasteiger partial charge in [-0.25, -0.2) is 0 Å². The fraction of sp³-hybridized carbons (Fsp3) is 0.435. The maximum Gasteiger partial charge on any atom is 0.231 e. The van der Waals surface area contributed by atoms with Gasteiger partial charge < -0.3 is 34.3 Å². The Balaban J connectivity index is 0.00000245. The summed E-state index contributed by atoms with van der Waals surface area (Å²) in [5.74, 6) is 3.95. The van der Waals surface area contributed by atoms with Crippen LogP contribution in [0.3, 0.4) is 0 Å². The van der Waals surface area contributed by atoms with Crippen molar-refractivity contribution < 1.29 is 23.7 Å². The average Bonchev–Trinajstić information content (AvgIpc) is 3.48. The van der Waals surface area contributed by atoms with Crippen LogP contribution in [-0.4, -0.2) is 46.4 Å². The van der Waals surface area contributed by atoms with E-state index in [0.29, 0.717) is 6.54 Å². The molecule has 0 atom stereocenters. The molecule has 0 saturated carbocycles. The normalized spacial score (nSPS) is 18.1. The summed E-state index contributed by atoms with van der Waals surface area (Å²) >= 11 is 0. The van der Waals surface area contributed by atoms with Gasteiger partial charge in [0, 0.05) is 38.8 Å². The lowest BCUT2D eigenvalue weighted by Crippen LogP contribution is -2.47. The number of hydrogen-bond donors (Lipinski definition) is 2. The molecule has 32 heavy (non-hydrogen) atoms. The van der Waals surface area contributed by atoms with E-state index in [2.05, 4.69) is 27.8 Å². The number of hydrogen-bond acceptors (Lipinski definition) is 6. The summed E-state index contributed by atoms with van der Waals surface area (Å²) in [5, 5.41) is 6.92. The number of fused-ring (bicyclic) bond motifs is 2. The van der Waals surface area contributed by atoms with Gasteiger partial charge >= 0.3 is 0 Å². The highest BCUT2D eigenvalue weighted by Crippen LogP contribution is 2.40. The molecule has 8 nitrogen and oxygen atoms in total. The second kappa shape index (κ2) is 10.0. The van der Waals surface area contributed by atoms with Gasteiger partial charge in [-0.1, -0.05) is 12.1 Å². The van der Waals surface area contributed by atoms with Crippen molar-refractivity contribution in [2.24, 2.45) is 4.99 Å². The third kappa shape index (κ3) is 4.68. The largest absolute Gasteiger partial charge is 0.454 e. The molecule has 3 aliphatic heterocycles. The summed E-state index contributed by atoms with van der Waals surface area (Å²) in [4.78, 5) is 4.41. The van der Waals surface area contributed by atoms with Crippen LogP contribution >= 0.6 is 24.0 Å². The molecule has 2 aromatic rings. The molecule has 1 saturated heterocycles. The van der Waals surface area contributed by atoms with E-state index in [4.69, 9.17) is 23.7 Å². The molecule has 9 heteroatoms. The lowest BCUT2D eigenvalue weighted by atomic mass is 9.74. The van der Waals surface area contributed by atoms with Crippen LogP contribution in [-0.2, 0) is 16.7 Å². The highest BCUT2D eigenvalue weighted by Gasteiger charge is 2.36. The van der Waals surface area contributed by atoms with E-state index >= 15 is 0 Å². The quantitative estimate of drug-likeness (QED) is 0.335. The molecule has 0 aromatic heterocycles. The minimum Gasteiger partial charge on any atom is -0.454 e. The van der Waals surface area contributed by atoms with Crippen molar-refractivity contribution in [1.29, 1.82) is 0 Å². The number of aliphatic imine (C=N–C) groups is 1. The van der Waals surface area contributed by atoms with Gasteiger partial charge in [-0.2, -0.15) is 0 Å². The fourth-order valence-electron chi connectivity index (χ4n) is 4.27. The van der Waals surface area contributed by atoms with E-state index in [1.165, 1.54) is 5.56 Å². The number of nitrogens with zero attached hydrogens (tertiary/aromatic N) is 1. The number of benzene rings is 2. The number of ether oxygens (including phenoxy) is 5. The van der Waals surface area contributed by atoms with Crippen LogP contribution in [0.15, 0.2) is 41.4 Å². The fourth-order valence-corrected chi connectivity index (χ4v) is 4.27. The SMILES string of the molecule is CN=C(NCc1ccc2c(c1)OCO2)NCC1(c2ccc3c(c2)OCO3)CCOCC1.I. The summed E-state index contributed by atoms with van der Waals surface area (Å²) < 4.78 is 27.6. The molecule has 0 radical (unpaired) electrons. The first kappa shape index (κ1) is 22.8. The van der Waals surface area contributed by atoms with Crippen LogP contribution in [0.1, 0.15) is 24.0 Å². The lowest BCUT2D eigenvalue weighted by Gasteiger charge is -2.38. The Morgan fingerprint density at radius 2 is 1.53 bits per heavy atom. The Labute approximate surface area is 204 Å². The van der Waals surface area contributed by atoms with Gasteiger partial charge in [-0.05, 0) is 48.2 Å². The molecule has 2 aromatic carbocycles. The molecule has 0 spiro atoms. The minimum atomic E-state index is -0.0599. The average molecular weight is 553 g/mol. The Bertz CT molecular complexity index is 978. The van der Waals surface area contributed by atoms with Crippen LogP contribution < -0.4 is 29.6 Å². The maximum absolute atomic E-state index is 5.66. The molecule has 3 heterocycles. The molecule has 3 aliphatic rings. The molecule has 0 amide bonds. The molecule has 0 unspecified atom stereocenters. The van der Waals surface area contributed by atoms with Crippen molar-refractivity contribution in [3.8, 4) is 23.0 Å². The number of guanidine groups is 1. The smallest absolute Gasteiger partial charge is 0.231 e. The predicted molar refractivity (Wildman–Crippen MR) is 130 cm³/mol. The summed E-state index contributed by atoms with van der Waals surface area (Å²) in [6.07, 6.45) is 1.86. The van der Waals surface area contributed by atoms with Gasteiger partial charge in [-0.15, -0.1) is 24.0 Å². The zero-order valence-corrected chi connectivity index (χ0v) is 20.3. The van der Waals surface area contributed by atoms with E-state index in [1.807, 2.05) is 24.3 Å². The van der Waals surface area contributed by atoms with E-state index < -0.39 is 0 Å². The van der Waals surface area contributed by atoms with Crippen molar-refractivity contribution in [2.75, 3.05) is 40.4 Å². The van der Waals surface area contributed by atoms with Crippen LogP contribution in [0.4, 0.5) is 0 Å². The van der Waals surface area contributed by atoms with Gasteiger partial charge in [0.15, 0.2) is 29.0 Å².